The van der Waals surface area contributed by atoms with Crippen LogP contribution in [0.2, 0.25) is 0 Å². The first-order valence-corrected chi connectivity index (χ1v) is 12.9. The van der Waals surface area contributed by atoms with Crippen LogP contribution >= 0.6 is 46.2 Å². The predicted molar refractivity (Wildman–Crippen MR) is 121 cm³/mol. The van der Waals surface area contributed by atoms with Crippen LogP contribution in [0.4, 0.5) is 0 Å². The van der Waals surface area contributed by atoms with E-state index in [1.807, 2.05) is 19.1 Å². The Kier molecular flexibility index (Phi) is 6.67. The fraction of sp³-hybridized carbons (Fsp3) is 0.389. The minimum atomic E-state index is -1.14. The van der Waals surface area contributed by atoms with Crippen molar-refractivity contribution >= 4 is 64.0 Å². The number of thiophene rings is 1. The van der Waals surface area contributed by atoms with E-state index in [1.165, 1.54) is 51.1 Å². The fourth-order valence-electron chi connectivity index (χ4n) is 3.29. The molecule has 4 N–H and O–H groups in total. The summed E-state index contributed by atoms with van der Waals surface area (Å²) in [5.41, 5.74) is 6.28. The van der Waals surface area contributed by atoms with Gasteiger partial charge >= 0.3 is 5.97 Å². The number of carboxylic acids is 1. The normalized spacial score (nSPS) is 20.5. The lowest BCUT2D eigenvalue weighted by Crippen LogP contribution is -2.70. The predicted octanol–water partition coefficient (Wildman–Crippen LogP) is 1.44. The lowest BCUT2D eigenvalue weighted by molar-refractivity contribution is -0.150. The third-order valence-corrected chi connectivity index (χ3v) is 9.20. The van der Waals surface area contributed by atoms with Crippen molar-refractivity contribution in [1.29, 1.82) is 0 Å². The van der Waals surface area contributed by atoms with Crippen molar-refractivity contribution in [2.75, 3.05) is 11.5 Å². The van der Waals surface area contributed by atoms with E-state index in [0.29, 0.717) is 23.6 Å². The number of hydrogen-bond acceptors (Lipinski definition) is 10. The summed E-state index contributed by atoms with van der Waals surface area (Å²) in [6.07, 6.45) is 0.163. The molecule has 31 heavy (non-hydrogen) atoms. The Morgan fingerprint density at radius 2 is 2.10 bits per heavy atom. The first kappa shape index (κ1) is 22.3. The van der Waals surface area contributed by atoms with Gasteiger partial charge in [-0.1, -0.05) is 23.1 Å². The lowest BCUT2D eigenvalue weighted by Gasteiger charge is -2.49. The summed E-state index contributed by atoms with van der Waals surface area (Å²) in [6, 6.07) is 3.01. The maximum Gasteiger partial charge on any atom is 0.352 e. The maximum absolute atomic E-state index is 12.7. The highest BCUT2D eigenvalue weighted by molar-refractivity contribution is 8.01. The average molecular weight is 498 g/mol. The van der Waals surface area contributed by atoms with E-state index >= 15 is 0 Å². The van der Waals surface area contributed by atoms with Crippen molar-refractivity contribution in [1.82, 2.24) is 20.4 Å². The second kappa shape index (κ2) is 9.28. The number of carboxylic acid groups (broad SMARTS) is 1. The number of nitrogens with zero attached hydrogens (tertiary/aromatic N) is 3. The molecule has 13 heteroatoms. The van der Waals surface area contributed by atoms with E-state index in [4.69, 9.17) is 5.73 Å². The van der Waals surface area contributed by atoms with E-state index < -0.39 is 23.3 Å². The molecule has 2 aliphatic heterocycles. The summed E-state index contributed by atoms with van der Waals surface area (Å²) in [5, 5.41) is 20.9. The summed E-state index contributed by atoms with van der Waals surface area (Å²) < 4.78 is 0.758. The van der Waals surface area contributed by atoms with Gasteiger partial charge in [0.2, 0.25) is 5.91 Å². The van der Waals surface area contributed by atoms with Gasteiger partial charge in [0, 0.05) is 27.8 Å². The van der Waals surface area contributed by atoms with Crippen LogP contribution < -0.4 is 11.1 Å². The van der Waals surface area contributed by atoms with Gasteiger partial charge in [0.1, 0.15) is 22.1 Å². The zero-order valence-electron chi connectivity index (χ0n) is 16.4. The molecule has 0 spiro atoms. The van der Waals surface area contributed by atoms with Gasteiger partial charge in [0.05, 0.1) is 6.42 Å². The first-order valence-electron chi connectivity index (χ1n) is 9.27. The number of nitrogens with one attached hydrogen (secondary N) is 1. The van der Waals surface area contributed by atoms with Crippen molar-refractivity contribution in [3.63, 3.8) is 0 Å². The number of carbonyl (C=O) groups excluding carboxylic acids is 2. The number of rotatable bonds is 8. The Labute approximate surface area is 194 Å². The standard InChI is InChI=1S/C18H19N5O4S4/c1-8-21-22-18(30-8)29-7-9-6-28-16-13(15(25)23(16)14(9)17(26)27)20-12(24)4-10-2-3-11(5-19)31-10/h2-3,13,16H,4-7,19H2,1H3,(H,20,24)(H,26,27)/t13-,16+/m1/s1. The minimum absolute atomic E-state index is 0.0128. The summed E-state index contributed by atoms with van der Waals surface area (Å²) >= 11 is 5.78. The van der Waals surface area contributed by atoms with Crippen LogP contribution in [-0.4, -0.2) is 60.9 Å². The van der Waals surface area contributed by atoms with Crippen molar-refractivity contribution in [2.45, 2.75) is 35.6 Å². The van der Waals surface area contributed by atoms with Gasteiger partial charge in [-0.05, 0) is 24.6 Å². The highest BCUT2D eigenvalue weighted by atomic mass is 32.2. The number of amides is 2. The van der Waals surface area contributed by atoms with Crippen LogP contribution in [0.3, 0.4) is 0 Å². The molecular weight excluding hydrogens is 478 g/mol. The summed E-state index contributed by atoms with van der Waals surface area (Å²) in [7, 11) is 0. The molecule has 0 radical (unpaired) electrons. The number of aromatic nitrogens is 2. The number of nitrogens with two attached hydrogens (primary N) is 1. The van der Waals surface area contributed by atoms with Crippen LogP contribution in [0.1, 0.15) is 14.8 Å². The Hall–Kier alpha value is -1.93. The van der Waals surface area contributed by atoms with Crippen LogP contribution in [0.15, 0.2) is 27.7 Å². The number of β-lactam (4-membered cyclic amide) rings is 1. The Balaban J connectivity index is 1.41. The number of aliphatic carboxylic acids is 1. The number of fused-ring (bicyclic) bond motifs is 1. The van der Waals surface area contributed by atoms with E-state index in [1.54, 1.807) is 0 Å². The molecule has 2 amide bonds. The molecule has 4 heterocycles. The minimum Gasteiger partial charge on any atom is -0.477 e. The van der Waals surface area contributed by atoms with Crippen LogP contribution in [0.25, 0.3) is 0 Å². The molecule has 2 aromatic rings. The molecule has 0 aliphatic carbocycles. The number of thioether (sulfide) groups is 2. The Morgan fingerprint density at radius 1 is 1.32 bits per heavy atom. The molecule has 2 atom stereocenters. The third kappa shape index (κ3) is 4.65. The van der Waals surface area contributed by atoms with Gasteiger partial charge in [0.25, 0.3) is 5.91 Å². The first-order chi connectivity index (χ1) is 14.9. The lowest BCUT2D eigenvalue weighted by atomic mass is 10.0. The molecular formula is C18H19N5O4S4. The van der Waals surface area contributed by atoms with Crippen LogP contribution in [0, 0.1) is 6.92 Å². The molecule has 0 bridgehead atoms. The van der Waals surface area contributed by atoms with Gasteiger partial charge < -0.3 is 16.2 Å². The molecule has 164 valence electrons. The zero-order valence-corrected chi connectivity index (χ0v) is 19.6. The van der Waals surface area contributed by atoms with E-state index in [9.17, 15) is 19.5 Å². The maximum atomic E-state index is 12.7. The number of hydrogen-bond donors (Lipinski definition) is 3. The van der Waals surface area contributed by atoms with Gasteiger partial charge in [-0.2, -0.15) is 0 Å². The third-order valence-electron chi connectivity index (χ3n) is 4.70. The molecule has 1 fully saturated rings. The molecule has 2 aromatic heterocycles. The van der Waals surface area contributed by atoms with Gasteiger partial charge in [-0.3, -0.25) is 14.5 Å². The highest BCUT2D eigenvalue weighted by Gasteiger charge is 2.54. The summed E-state index contributed by atoms with van der Waals surface area (Å²) in [4.78, 5) is 40.2. The van der Waals surface area contributed by atoms with Gasteiger partial charge in [0.15, 0.2) is 4.34 Å². The van der Waals surface area contributed by atoms with E-state index in [2.05, 4.69) is 15.5 Å². The van der Waals surface area contributed by atoms with Crippen molar-refractivity contribution in [3.05, 3.63) is 38.2 Å². The molecule has 0 aromatic carbocycles. The van der Waals surface area contributed by atoms with Gasteiger partial charge in [-0.15, -0.1) is 33.3 Å². The zero-order chi connectivity index (χ0) is 22.1. The van der Waals surface area contributed by atoms with E-state index in [0.717, 1.165) is 19.1 Å². The number of aryl methyl sites for hydroxylation is 1. The average Bonchev–Trinajstić information content (AvgIpc) is 3.37. The van der Waals surface area contributed by atoms with Crippen molar-refractivity contribution in [3.8, 4) is 0 Å². The Morgan fingerprint density at radius 3 is 2.74 bits per heavy atom. The molecule has 0 unspecified atom stereocenters. The van der Waals surface area contributed by atoms with Crippen molar-refractivity contribution < 1.29 is 19.5 Å². The molecule has 4 rings (SSSR count). The largest absolute Gasteiger partial charge is 0.477 e. The summed E-state index contributed by atoms with van der Waals surface area (Å²) in [5.74, 6) is -0.916. The SMILES string of the molecule is Cc1nnc(SCC2=C(C(=O)O)N3C(=O)[C@@H](NC(=O)Cc4ccc(CN)s4)[C@@H]3SC2)s1. The molecule has 2 aliphatic rings. The molecule has 0 saturated carbocycles. The monoisotopic (exact) mass is 497 g/mol. The summed E-state index contributed by atoms with van der Waals surface area (Å²) in [6.45, 7) is 2.28. The van der Waals surface area contributed by atoms with E-state index in [-0.39, 0.29) is 18.0 Å². The number of carbonyl (C=O) groups is 3. The topological polar surface area (TPSA) is 139 Å². The second-order valence-electron chi connectivity index (χ2n) is 6.84. The second-order valence-corrected chi connectivity index (χ2v) is 11.6. The fourth-order valence-corrected chi connectivity index (χ4v) is 7.49. The molecule has 1 saturated heterocycles. The van der Waals surface area contributed by atoms with Gasteiger partial charge in [-0.25, -0.2) is 4.79 Å². The smallest absolute Gasteiger partial charge is 0.352 e. The van der Waals surface area contributed by atoms with Crippen molar-refractivity contribution in [2.24, 2.45) is 5.73 Å². The quantitative estimate of drug-likeness (QED) is 0.365. The highest BCUT2D eigenvalue weighted by Crippen LogP contribution is 2.41. The Bertz CT molecular complexity index is 1070. The molecule has 9 nitrogen and oxygen atoms in total. The van der Waals surface area contributed by atoms with Crippen LogP contribution in [0.5, 0.6) is 0 Å². The van der Waals surface area contributed by atoms with Crippen LogP contribution in [-0.2, 0) is 27.3 Å².